The lowest BCUT2D eigenvalue weighted by Crippen LogP contribution is -2.43. The fourth-order valence-corrected chi connectivity index (χ4v) is 4.36. The Kier molecular flexibility index (Phi) is 3.45. The summed E-state index contributed by atoms with van der Waals surface area (Å²) in [6.45, 7) is 5.95. The predicted molar refractivity (Wildman–Crippen MR) is 91.3 cm³/mol. The number of nitrogens with zero attached hydrogens (tertiary/aromatic N) is 5. The average molecular weight is 328 g/mol. The van der Waals surface area contributed by atoms with Gasteiger partial charge in [-0.2, -0.15) is 5.10 Å². The number of hydrogen-bond donors (Lipinski definition) is 1. The van der Waals surface area contributed by atoms with Crippen LogP contribution in [0, 0.1) is 6.92 Å². The number of ether oxygens (including phenoxy) is 1. The van der Waals surface area contributed by atoms with Gasteiger partial charge >= 0.3 is 0 Å². The van der Waals surface area contributed by atoms with E-state index >= 15 is 0 Å². The molecule has 2 aromatic rings. The standard InChI is InChI=1S/C17H24N6O/c1-11-20-16(22-9-13-2-3-14(10-22)24-13)15-8-19-23(17(15)21-11)12-4-6-18-7-5-12/h8,12-14,18H,2-7,9-10H2,1H3. The first kappa shape index (κ1) is 14.6. The Labute approximate surface area is 141 Å². The summed E-state index contributed by atoms with van der Waals surface area (Å²) >= 11 is 0. The molecule has 0 spiro atoms. The van der Waals surface area contributed by atoms with Crippen molar-refractivity contribution >= 4 is 16.9 Å². The molecule has 7 heteroatoms. The average Bonchev–Trinajstić information content (AvgIpc) is 3.17. The van der Waals surface area contributed by atoms with E-state index in [0.717, 1.165) is 61.7 Å². The van der Waals surface area contributed by atoms with Gasteiger partial charge in [0.1, 0.15) is 11.6 Å². The van der Waals surface area contributed by atoms with Gasteiger partial charge in [0, 0.05) is 13.1 Å². The third-order valence-electron chi connectivity index (χ3n) is 5.54. The highest BCUT2D eigenvalue weighted by Crippen LogP contribution is 2.33. The van der Waals surface area contributed by atoms with Crippen molar-refractivity contribution in [2.24, 2.45) is 0 Å². The van der Waals surface area contributed by atoms with Crippen molar-refractivity contribution in [2.75, 3.05) is 31.1 Å². The normalized spacial score (nSPS) is 28.0. The summed E-state index contributed by atoms with van der Waals surface area (Å²) in [4.78, 5) is 11.9. The fourth-order valence-electron chi connectivity index (χ4n) is 4.36. The minimum atomic E-state index is 0.355. The van der Waals surface area contributed by atoms with Crippen LogP contribution in [0.3, 0.4) is 0 Å². The molecular formula is C17H24N6O. The lowest BCUT2D eigenvalue weighted by molar-refractivity contribution is 0.0303. The molecule has 0 aliphatic carbocycles. The number of piperidine rings is 1. The smallest absolute Gasteiger partial charge is 0.163 e. The first-order chi connectivity index (χ1) is 11.8. The van der Waals surface area contributed by atoms with Crippen molar-refractivity contribution < 1.29 is 4.74 Å². The van der Waals surface area contributed by atoms with Crippen LogP contribution in [0.1, 0.15) is 37.5 Å². The van der Waals surface area contributed by atoms with E-state index in [0.29, 0.717) is 18.2 Å². The van der Waals surface area contributed by atoms with Crippen molar-refractivity contribution in [3.63, 3.8) is 0 Å². The van der Waals surface area contributed by atoms with E-state index in [1.54, 1.807) is 0 Å². The summed E-state index contributed by atoms with van der Waals surface area (Å²) in [5.41, 5.74) is 0.989. The van der Waals surface area contributed by atoms with E-state index in [9.17, 15) is 0 Å². The molecule has 7 nitrogen and oxygen atoms in total. The molecule has 1 N–H and O–H groups in total. The summed E-state index contributed by atoms with van der Waals surface area (Å²) in [6.07, 6.45) is 7.23. The van der Waals surface area contributed by atoms with Gasteiger partial charge in [-0.25, -0.2) is 14.6 Å². The second kappa shape index (κ2) is 5.67. The van der Waals surface area contributed by atoms with E-state index in [4.69, 9.17) is 19.8 Å². The number of fused-ring (bicyclic) bond motifs is 3. The highest BCUT2D eigenvalue weighted by molar-refractivity contribution is 5.87. The second-order valence-corrected chi connectivity index (χ2v) is 7.26. The Hall–Kier alpha value is -1.73. The molecule has 2 unspecified atom stereocenters. The van der Waals surface area contributed by atoms with Crippen molar-refractivity contribution in [1.82, 2.24) is 25.1 Å². The molecule has 128 valence electrons. The Balaban J connectivity index is 1.55. The number of aromatic nitrogens is 4. The molecular weight excluding hydrogens is 304 g/mol. The Morgan fingerprint density at radius 1 is 1.08 bits per heavy atom. The van der Waals surface area contributed by atoms with E-state index in [1.807, 2.05) is 13.1 Å². The molecule has 0 amide bonds. The number of hydrogen-bond acceptors (Lipinski definition) is 6. The summed E-state index contributed by atoms with van der Waals surface area (Å²) in [6, 6.07) is 0.437. The van der Waals surface area contributed by atoms with E-state index in [2.05, 4.69) is 14.9 Å². The molecule has 5 rings (SSSR count). The van der Waals surface area contributed by atoms with Crippen molar-refractivity contribution in [1.29, 1.82) is 0 Å². The van der Waals surface area contributed by atoms with Crippen molar-refractivity contribution in [2.45, 2.75) is 50.9 Å². The highest BCUT2D eigenvalue weighted by atomic mass is 16.5. The molecule has 0 radical (unpaired) electrons. The third kappa shape index (κ3) is 2.38. The Morgan fingerprint density at radius 2 is 1.83 bits per heavy atom. The predicted octanol–water partition coefficient (Wildman–Crippen LogP) is 1.43. The Morgan fingerprint density at radius 3 is 2.58 bits per heavy atom. The topological polar surface area (TPSA) is 68.1 Å². The molecule has 2 aromatic heterocycles. The summed E-state index contributed by atoms with van der Waals surface area (Å²) in [5.74, 6) is 1.87. The van der Waals surface area contributed by atoms with Gasteiger partial charge < -0.3 is 15.0 Å². The van der Waals surface area contributed by atoms with Crippen LogP contribution in [0.4, 0.5) is 5.82 Å². The zero-order valence-electron chi connectivity index (χ0n) is 14.1. The summed E-state index contributed by atoms with van der Waals surface area (Å²) < 4.78 is 8.11. The van der Waals surface area contributed by atoms with Crippen LogP contribution < -0.4 is 10.2 Å². The summed E-state index contributed by atoms with van der Waals surface area (Å²) in [5, 5.41) is 9.20. The summed E-state index contributed by atoms with van der Waals surface area (Å²) in [7, 11) is 0. The molecule has 3 aliphatic heterocycles. The first-order valence-corrected chi connectivity index (χ1v) is 9.11. The maximum absolute atomic E-state index is 5.98. The SMILES string of the molecule is Cc1nc(N2CC3CCC(C2)O3)c2cnn(C3CCNCC3)c2n1. The van der Waals surface area contributed by atoms with Gasteiger partial charge in [-0.15, -0.1) is 0 Å². The maximum Gasteiger partial charge on any atom is 0.163 e. The molecule has 3 aliphatic rings. The fraction of sp³-hybridized carbons (Fsp3) is 0.706. The maximum atomic E-state index is 5.98. The van der Waals surface area contributed by atoms with Gasteiger partial charge in [0.15, 0.2) is 5.65 Å². The quantitative estimate of drug-likeness (QED) is 0.899. The third-order valence-corrected chi connectivity index (χ3v) is 5.54. The largest absolute Gasteiger partial charge is 0.371 e. The van der Waals surface area contributed by atoms with Crippen molar-refractivity contribution in [3.05, 3.63) is 12.0 Å². The van der Waals surface area contributed by atoms with Gasteiger partial charge in [0.05, 0.1) is 29.8 Å². The number of morpholine rings is 1. The number of anilines is 1. The number of nitrogens with one attached hydrogen (secondary N) is 1. The van der Waals surface area contributed by atoms with E-state index in [-0.39, 0.29) is 0 Å². The van der Waals surface area contributed by atoms with Crippen molar-refractivity contribution in [3.8, 4) is 0 Å². The van der Waals surface area contributed by atoms with E-state index in [1.165, 1.54) is 12.8 Å². The molecule has 5 heterocycles. The highest BCUT2D eigenvalue weighted by Gasteiger charge is 2.35. The molecule has 2 bridgehead atoms. The minimum absolute atomic E-state index is 0.355. The van der Waals surface area contributed by atoms with Gasteiger partial charge in [-0.3, -0.25) is 0 Å². The van der Waals surface area contributed by atoms with Gasteiger partial charge in [-0.05, 0) is 45.7 Å². The van der Waals surface area contributed by atoms with Crippen LogP contribution in [0.5, 0.6) is 0 Å². The number of aryl methyl sites for hydroxylation is 1. The van der Waals surface area contributed by atoms with Gasteiger partial charge in [0.25, 0.3) is 0 Å². The van der Waals surface area contributed by atoms with Gasteiger partial charge in [-0.1, -0.05) is 0 Å². The molecule has 2 atom stereocenters. The zero-order valence-corrected chi connectivity index (χ0v) is 14.1. The molecule has 3 fully saturated rings. The van der Waals surface area contributed by atoms with Crippen LogP contribution >= 0.6 is 0 Å². The monoisotopic (exact) mass is 328 g/mol. The number of rotatable bonds is 2. The Bertz CT molecular complexity index is 741. The minimum Gasteiger partial charge on any atom is -0.371 e. The van der Waals surface area contributed by atoms with Gasteiger partial charge in [0.2, 0.25) is 0 Å². The first-order valence-electron chi connectivity index (χ1n) is 9.11. The van der Waals surface area contributed by atoms with Crippen LogP contribution in [0.25, 0.3) is 11.0 Å². The lowest BCUT2D eigenvalue weighted by Gasteiger charge is -2.33. The molecule has 0 aromatic carbocycles. The molecule has 24 heavy (non-hydrogen) atoms. The molecule has 3 saturated heterocycles. The molecule has 0 saturated carbocycles. The van der Waals surface area contributed by atoms with E-state index < -0.39 is 0 Å². The van der Waals surface area contributed by atoms with Crippen LogP contribution in [-0.4, -0.2) is 58.1 Å². The van der Waals surface area contributed by atoms with Crippen LogP contribution in [0.15, 0.2) is 6.20 Å². The van der Waals surface area contributed by atoms with Crippen LogP contribution in [-0.2, 0) is 4.74 Å². The zero-order chi connectivity index (χ0) is 16.1. The van der Waals surface area contributed by atoms with Crippen LogP contribution in [0.2, 0.25) is 0 Å². The second-order valence-electron chi connectivity index (χ2n) is 7.26. The lowest BCUT2D eigenvalue weighted by atomic mass is 10.1.